The summed E-state index contributed by atoms with van der Waals surface area (Å²) >= 11 is 5.92. The Labute approximate surface area is 157 Å². The van der Waals surface area contributed by atoms with E-state index in [1.807, 2.05) is 66.1 Å². The number of rotatable bonds is 6. The van der Waals surface area contributed by atoms with Gasteiger partial charge in [-0.15, -0.1) is 10.2 Å². The first-order chi connectivity index (χ1) is 12.8. The van der Waals surface area contributed by atoms with Crippen LogP contribution in [0.3, 0.4) is 0 Å². The molecule has 0 amide bonds. The zero-order chi connectivity index (χ0) is 18.2. The van der Waals surface area contributed by atoms with Crippen molar-refractivity contribution in [3.8, 4) is 5.69 Å². The van der Waals surface area contributed by atoms with Crippen LogP contribution in [0.15, 0.2) is 65.9 Å². The van der Waals surface area contributed by atoms with Crippen LogP contribution in [0.4, 0.5) is 0 Å². The van der Waals surface area contributed by atoms with E-state index in [1.54, 1.807) is 6.33 Å². The minimum Gasteiger partial charge on any atom is -0.357 e. The second kappa shape index (κ2) is 9.01. The molecule has 26 heavy (non-hydrogen) atoms. The number of halogens is 1. The van der Waals surface area contributed by atoms with Gasteiger partial charge in [-0.2, -0.15) is 0 Å². The van der Waals surface area contributed by atoms with Crippen LogP contribution < -0.4 is 10.6 Å². The monoisotopic (exact) mass is 368 g/mol. The first kappa shape index (κ1) is 17.9. The van der Waals surface area contributed by atoms with E-state index in [4.69, 9.17) is 11.6 Å². The van der Waals surface area contributed by atoms with Crippen LogP contribution in [0.25, 0.3) is 5.69 Å². The van der Waals surface area contributed by atoms with Crippen LogP contribution >= 0.6 is 11.6 Å². The first-order valence-corrected chi connectivity index (χ1v) is 8.85. The molecule has 0 aliphatic carbocycles. The molecule has 3 aromatic rings. The highest BCUT2D eigenvalue weighted by Crippen LogP contribution is 2.10. The summed E-state index contributed by atoms with van der Waals surface area (Å²) in [7, 11) is 0. The van der Waals surface area contributed by atoms with E-state index >= 15 is 0 Å². The molecule has 0 unspecified atom stereocenters. The summed E-state index contributed by atoms with van der Waals surface area (Å²) < 4.78 is 1.95. The minimum absolute atomic E-state index is 0.515. The molecule has 0 radical (unpaired) electrons. The Morgan fingerprint density at radius 3 is 2.58 bits per heavy atom. The fraction of sp³-hybridized carbons (Fsp3) is 0.211. The van der Waals surface area contributed by atoms with Crippen molar-refractivity contribution in [1.82, 2.24) is 25.4 Å². The number of aliphatic imine (C=N–C) groups is 1. The summed E-state index contributed by atoms with van der Waals surface area (Å²) in [5.74, 6) is 1.54. The lowest BCUT2D eigenvalue weighted by atomic mass is 10.2. The average molecular weight is 369 g/mol. The Morgan fingerprint density at radius 2 is 1.85 bits per heavy atom. The Morgan fingerprint density at radius 1 is 1.08 bits per heavy atom. The third kappa shape index (κ3) is 4.83. The van der Waals surface area contributed by atoms with E-state index in [2.05, 4.69) is 25.8 Å². The molecule has 2 N–H and O–H groups in total. The summed E-state index contributed by atoms with van der Waals surface area (Å²) in [5, 5.41) is 15.5. The molecule has 3 rings (SSSR count). The molecule has 0 saturated carbocycles. The van der Waals surface area contributed by atoms with Crippen molar-refractivity contribution in [1.29, 1.82) is 0 Å². The zero-order valence-corrected chi connectivity index (χ0v) is 15.3. The van der Waals surface area contributed by atoms with Crippen LogP contribution in [0, 0.1) is 0 Å². The zero-order valence-electron chi connectivity index (χ0n) is 14.6. The van der Waals surface area contributed by atoms with Crippen molar-refractivity contribution < 1.29 is 0 Å². The van der Waals surface area contributed by atoms with Crippen molar-refractivity contribution in [2.75, 3.05) is 6.54 Å². The standard InChI is InChI=1S/C19H21ClN6/c1-2-21-19(22-12-15-8-10-16(20)11-9-15)23-13-18-25-24-14-26(18)17-6-4-3-5-7-17/h3-11,14H,2,12-13H2,1H3,(H2,21,22,23). The SMILES string of the molecule is CCNC(=NCc1ccc(Cl)cc1)NCc1nncn1-c1ccccc1. The highest BCUT2D eigenvalue weighted by Gasteiger charge is 2.07. The van der Waals surface area contributed by atoms with Crippen molar-refractivity contribution in [3.63, 3.8) is 0 Å². The molecular weight excluding hydrogens is 348 g/mol. The van der Waals surface area contributed by atoms with Crippen LogP contribution in [-0.2, 0) is 13.1 Å². The largest absolute Gasteiger partial charge is 0.357 e. The number of nitrogens with one attached hydrogen (secondary N) is 2. The maximum absolute atomic E-state index is 5.92. The normalized spacial score (nSPS) is 11.4. The number of benzene rings is 2. The maximum atomic E-state index is 5.92. The molecule has 0 aliphatic heterocycles. The smallest absolute Gasteiger partial charge is 0.191 e. The van der Waals surface area contributed by atoms with Gasteiger partial charge in [-0.1, -0.05) is 41.9 Å². The molecule has 134 valence electrons. The molecule has 1 heterocycles. The van der Waals surface area contributed by atoms with E-state index in [0.29, 0.717) is 13.1 Å². The molecule has 0 spiro atoms. The Kier molecular flexibility index (Phi) is 6.22. The van der Waals surface area contributed by atoms with Gasteiger partial charge in [-0.05, 0) is 36.8 Å². The van der Waals surface area contributed by atoms with Crippen LogP contribution in [0.1, 0.15) is 18.3 Å². The summed E-state index contributed by atoms with van der Waals surface area (Å²) in [6.45, 7) is 3.89. The number of guanidine groups is 1. The fourth-order valence-electron chi connectivity index (χ4n) is 2.45. The van der Waals surface area contributed by atoms with E-state index < -0.39 is 0 Å². The molecule has 0 aliphatic rings. The quantitative estimate of drug-likeness (QED) is 0.518. The predicted molar refractivity (Wildman–Crippen MR) is 104 cm³/mol. The van der Waals surface area contributed by atoms with Crippen molar-refractivity contribution >= 4 is 17.6 Å². The number of para-hydroxylation sites is 1. The topological polar surface area (TPSA) is 67.1 Å². The summed E-state index contributed by atoms with van der Waals surface area (Å²) in [6, 6.07) is 17.7. The predicted octanol–water partition coefficient (Wildman–Crippen LogP) is 3.18. The van der Waals surface area contributed by atoms with Crippen LogP contribution in [0.2, 0.25) is 5.02 Å². The van der Waals surface area contributed by atoms with Gasteiger partial charge in [-0.25, -0.2) is 4.99 Å². The maximum Gasteiger partial charge on any atom is 0.191 e. The molecule has 1 aromatic heterocycles. The second-order valence-electron chi connectivity index (χ2n) is 5.63. The van der Waals surface area contributed by atoms with Gasteiger partial charge in [0, 0.05) is 17.3 Å². The Bertz CT molecular complexity index is 842. The molecule has 0 fully saturated rings. The molecule has 0 atom stereocenters. The molecule has 0 bridgehead atoms. The minimum atomic E-state index is 0.515. The van der Waals surface area contributed by atoms with Crippen molar-refractivity contribution in [2.24, 2.45) is 4.99 Å². The molecular formula is C19H21ClN6. The number of aromatic nitrogens is 3. The fourth-order valence-corrected chi connectivity index (χ4v) is 2.57. The van der Waals surface area contributed by atoms with Gasteiger partial charge in [0.15, 0.2) is 11.8 Å². The second-order valence-corrected chi connectivity index (χ2v) is 6.06. The van der Waals surface area contributed by atoms with Gasteiger partial charge in [0.2, 0.25) is 0 Å². The van der Waals surface area contributed by atoms with Gasteiger partial charge in [-0.3, -0.25) is 4.57 Å². The summed E-state index contributed by atoms with van der Waals surface area (Å²) in [4.78, 5) is 4.61. The average Bonchev–Trinajstić information content (AvgIpc) is 3.14. The van der Waals surface area contributed by atoms with E-state index in [-0.39, 0.29) is 0 Å². The van der Waals surface area contributed by atoms with Gasteiger partial charge >= 0.3 is 0 Å². The van der Waals surface area contributed by atoms with Crippen LogP contribution in [-0.4, -0.2) is 27.3 Å². The first-order valence-electron chi connectivity index (χ1n) is 8.47. The third-order valence-electron chi connectivity index (χ3n) is 3.74. The summed E-state index contributed by atoms with van der Waals surface area (Å²) in [6.07, 6.45) is 1.71. The van der Waals surface area contributed by atoms with Gasteiger partial charge in [0.25, 0.3) is 0 Å². The van der Waals surface area contributed by atoms with E-state index in [1.165, 1.54) is 0 Å². The highest BCUT2D eigenvalue weighted by molar-refractivity contribution is 6.30. The lowest BCUT2D eigenvalue weighted by Crippen LogP contribution is -2.37. The van der Waals surface area contributed by atoms with Gasteiger partial charge in [0.1, 0.15) is 6.33 Å². The Hall–Kier alpha value is -2.86. The lowest BCUT2D eigenvalue weighted by molar-refractivity contribution is 0.756. The number of hydrogen-bond donors (Lipinski definition) is 2. The third-order valence-corrected chi connectivity index (χ3v) is 4.00. The molecule has 6 nitrogen and oxygen atoms in total. The van der Waals surface area contributed by atoms with Crippen LogP contribution in [0.5, 0.6) is 0 Å². The van der Waals surface area contributed by atoms with Crippen molar-refractivity contribution in [2.45, 2.75) is 20.0 Å². The van der Waals surface area contributed by atoms with Crippen molar-refractivity contribution in [3.05, 3.63) is 77.3 Å². The highest BCUT2D eigenvalue weighted by atomic mass is 35.5. The van der Waals surface area contributed by atoms with E-state index in [9.17, 15) is 0 Å². The number of hydrogen-bond acceptors (Lipinski definition) is 3. The lowest BCUT2D eigenvalue weighted by Gasteiger charge is -2.12. The van der Waals surface area contributed by atoms with Gasteiger partial charge < -0.3 is 10.6 Å². The molecule has 2 aromatic carbocycles. The van der Waals surface area contributed by atoms with Gasteiger partial charge in [0.05, 0.1) is 13.1 Å². The molecule has 7 heteroatoms. The molecule has 0 saturated heterocycles. The summed E-state index contributed by atoms with van der Waals surface area (Å²) in [5.41, 5.74) is 2.12. The van der Waals surface area contributed by atoms with E-state index in [0.717, 1.165) is 34.6 Å². The number of nitrogens with zero attached hydrogens (tertiary/aromatic N) is 4. The Balaban J connectivity index is 1.67.